The molecule has 2 aromatic rings. The summed E-state index contributed by atoms with van der Waals surface area (Å²) in [6.45, 7) is 4.19. The van der Waals surface area contributed by atoms with E-state index in [2.05, 4.69) is 18.8 Å². The second-order valence-corrected chi connectivity index (χ2v) is 3.66. The predicted molar refractivity (Wildman–Crippen MR) is 63.3 cm³/mol. The van der Waals surface area contributed by atoms with Crippen molar-refractivity contribution < 1.29 is 0 Å². The van der Waals surface area contributed by atoms with Crippen molar-refractivity contribution in [2.45, 2.75) is 26.7 Å². The molecular weight excluding hydrogens is 186 g/mol. The van der Waals surface area contributed by atoms with Gasteiger partial charge in [-0.05, 0) is 29.9 Å². The molecule has 0 radical (unpaired) electrons. The van der Waals surface area contributed by atoms with Crippen molar-refractivity contribution in [3.8, 4) is 0 Å². The zero-order valence-corrected chi connectivity index (χ0v) is 9.13. The molecule has 1 aromatic heterocycles. The Balaban J connectivity index is 2.92. The van der Waals surface area contributed by atoms with Crippen LogP contribution in [-0.2, 0) is 12.8 Å². The van der Waals surface area contributed by atoms with Crippen LogP contribution in [0.3, 0.4) is 0 Å². The molecule has 0 unspecified atom stereocenters. The van der Waals surface area contributed by atoms with Crippen molar-refractivity contribution in [3.05, 3.63) is 45.9 Å². The van der Waals surface area contributed by atoms with Gasteiger partial charge in [-0.2, -0.15) is 0 Å². The fourth-order valence-corrected chi connectivity index (χ4v) is 2.09. The smallest absolute Gasteiger partial charge is 0.256 e. The monoisotopic (exact) mass is 201 g/mol. The van der Waals surface area contributed by atoms with E-state index in [1.165, 1.54) is 5.56 Å². The van der Waals surface area contributed by atoms with E-state index in [1.807, 2.05) is 24.3 Å². The minimum atomic E-state index is 0.0275. The highest BCUT2D eigenvalue weighted by Crippen LogP contribution is 2.18. The number of hydrogen-bond donors (Lipinski definition) is 1. The molecule has 2 heteroatoms. The summed E-state index contributed by atoms with van der Waals surface area (Å²) in [5, 5.41) is 1.90. The van der Waals surface area contributed by atoms with Gasteiger partial charge in [-0.3, -0.25) is 4.79 Å². The van der Waals surface area contributed by atoms with Crippen LogP contribution in [0.5, 0.6) is 0 Å². The summed E-state index contributed by atoms with van der Waals surface area (Å²) < 4.78 is 0. The van der Waals surface area contributed by atoms with E-state index in [9.17, 15) is 4.79 Å². The number of H-pyrrole nitrogens is 1. The first kappa shape index (κ1) is 9.97. The van der Waals surface area contributed by atoms with Gasteiger partial charge in [-0.1, -0.05) is 32.0 Å². The Kier molecular flexibility index (Phi) is 2.58. The standard InChI is InChI=1S/C13H15NO/c1-3-9-10-7-5-6-8-11(10)13(15)14-12(9)4-2/h5-8H,3-4H2,1-2H3,(H,14,15). The number of fused-ring (bicyclic) bond motifs is 1. The fourth-order valence-electron chi connectivity index (χ4n) is 2.09. The van der Waals surface area contributed by atoms with Crippen LogP contribution in [-0.4, -0.2) is 4.98 Å². The summed E-state index contributed by atoms with van der Waals surface area (Å²) >= 11 is 0. The Morgan fingerprint density at radius 3 is 2.33 bits per heavy atom. The third-order valence-corrected chi connectivity index (χ3v) is 2.83. The molecule has 0 aliphatic rings. The highest BCUT2D eigenvalue weighted by Gasteiger charge is 2.07. The molecule has 0 spiro atoms. The van der Waals surface area contributed by atoms with Gasteiger partial charge in [0.2, 0.25) is 0 Å². The first-order chi connectivity index (χ1) is 7.27. The molecule has 0 atom stereocenters. The van der Waals surface area contributed by atoms with Crippen LogP contribution in [0.4, 0.5) is 0 Å². The highest BCUT2D eigenvalue weighted by molar-refractivity contribution is 5.85. The normalized spacial score (nSPS) is 10.8. The lowest BCUT2D eigenvalue weighted by Crippen LogP contribution is -2.12. The van der Waals surface area contributed by atoms with Gasteiger partial charge in [-0.25, -0.2) is 0 Å². The molecule has 2 nitrogen and oxygen atoms in total. The maximum Gasteiger partial charge on any atom is 0.256 e. The van der Waals surface area contributed by atoms with E-state index in [4.69, 9.17) is 0 Å². The van der Waals surface area contributed by atoms with Crippen molar-refractivity contribution in [2.75, 3.05) is 0 Å². The lowest BCUT2D eigenvalue weighted by atomic mass is 10.0. The van der Waals surface area contributed by atoms with E-state index in [0.717, 1.165) is 29.3 Å². The van der Waals surface area contributed by atoms with Crippen molar-refractivity contribution in [3.63, 3.8) is 0 Å². The molecule has 0 aliphatic heterocycles. The summed E-state index contributed by atoms with van der Waals surface area (Å²) in [7, 11) is 0. The first-order valence-corrected chi connectivity index (χ1v) is 5.40. The Bertz CT molecular complexity index is 540. The number of aromatic amines is 1. The van der Waals surface area contributed by atoms with Gasteiger partial charge in [0.15, 0.2) is 0 Å². The van der Waals surface area contributed by atoms with Gasteiger partial charge in [0.25, 0.3) is 5.56 Å². The van der Waals surface area contributed by atoms with Crippen LogP contribution >= 0.6 is 0 Å². The Morgan fingerprint density at radius 2 is 1.73 bits per heavy atom. The van der Waals surface area contributed by atoms with Gasteiger partial charge in [0.05, 0.1) is 0 Å². The van der Waals surface area contributed by atoms with Gasteiger partial charge < -0.3 is 4.98 Å². The molecular formula is C13H15NO. The third kappa shape index (κ3) is 1.56. The summed E-state index contributed by atoms with van der Waals surface area (Å²) in [6, 6.07) is 7.80. The number of aryl methyl sites for hydroxylation is 2. The SMILES string of the molecule is CCc1[nH]c(=O)c2ccccc2c1CC. The van der Waals surface area contributed by atoms with Gasteiger partial charge >= 0.3 is 0 Å². The van der Waals surface area contributed by atoms with Crippen LogP contribution in [0.25, 0.3) is 10.8 Å². The Labute approximate surface area is 89.0 Å². The molecule has 1 N–H and O–H groups in total. The Hall–Kier alpha value is -1.57. The second kappa shape index (κ2) is 3.89. The number of hydrogen-bond acceptors (Lipinski definition) is 1. The minimum Gasteiger partial charge on any atom is -0.325 e. The number of aromatic nitrogens is 1. The zero-order chi connectivity index (χ0) is 10.8. The molecule has 78 valence electrons. The van der Waals surface area contributed by atoms with Gasteiger partial charge in [0.1, 0.15) is 0 Å². The van der Waals surface area contributed by atoms with Crippen LogP contribution in [0.2, 0.25) is 0 Å². The van der Waals surface area contributed by atoms with Crippen molar-refractivity contribution in [1.82, 2.24) is 4.98 Å². The molecule has 1 aromatic carbocycles. The highest BCUT2D eigenvalue weighted by atomic mass is 16.1. The maximum absolute atomic E-state index is 11.8. The lowest BCUT2D eigenvalue weighted by molar-refractivity contribution is 0.965. The molecule has 0 amide bonds. The predicted octanol–water partition coefficient (Wildman–Crippen LogP) is 2.65. The number of pyridine rings is 1. The summed E-state index contributed by atoms with van der Waals surface area (Å²) in [5.74, 6) is 0. The number of nitrogens with one attached hydrogen (secondary N) is 1. The van der Waals surface area contributed by atoms with E-state index in [-0.39, 0.29) is 5.56 Å². The first-order valence-electron chi connectivity index (χ1n) is 5.40. The molecule has 0 aliphatic carbocycles. The molecule has 1 heterocycles. The van der Waals surface area contributed by atoms with Gasteiger partial charge in [0, 0.05) is 11.1 Å². The molecule has 2 rings (SSSR count). The quantitative estimate of drug-likeness (QED) is 0.796. The second-order valence-electron chi connectivity index (χ2n) is 3.66. The van der Waals surface area contributed by atoms with Crippen molar-refractivity contribution in [1.29, 1.82) is 0 Å². The summed E-state index contributed by atoms with van der Waals surface area (Å²) in [4.78, 5) is 14.7. The van der Waals surface area contributed by atoms with Crippen LogP contribution in [0.15, 0.2) is 29.1 Å². The van der Waals surface area contributed by atoms with E-state index in [1.54, 1.807) is 0 Å². The summed E-state index contributed by atoms with van der Waals surface area (Å²) in [6.07, 6.45) is 1.84. The lowest BCUT2D eigenvalue weighted by Gasteiger charge is -2.09. The average molecular weight is 201 g/mol. The maximum atomic E-state index is 11.8. The van der Waals surface area contributed by atoms with Crippen molar-refractivity contribution in [2.24, 2.45) is 0 Å². The third-order valence-electron chi connectivity index (χ3n) is 2.83. The average Bonchev–Trinajstić information content (AvgIpc) is 2.29. The molecule has 0 bridgehead atoms. The van der Waals surface area contributed by atoms with Crippen molar-refractivity contribution >= 4 is 10.8 Å². The molecule has 0 fully saturated rings. The van der Waals surface area contributed by atoms with Gasteiger partial charge in [-0.15, -0.1) is 0 Å². The van der Waals surface area contributed by atoms with Crippen LogP contribution in [0, 0.1) is 0 Å². The minimum absolute atomic E-state index is 0.0275. The number of benzene rings is 1. The molecule has 0 saturated carbocycles. The topological polar surface area (TPSA) is 32.9 Å². The van der Waals surface area contributed by atoms with E-state index >= 15 is 0 Å². The summed E-state index contributed by atoms with van der Waals surface area (Å²) in [5.41, 5.74) is 2.37. The largest absolute Gasteiger partial charge is 0.325 e. The fraction of sp³-hybridized carbons (Fsp3) is 0.308. The number of rotatable bonds is 2. The van der Waals surface area contributed by atoms with E-state index in [0.29, 0.717) is 0 Å². The Morgan fingerprint density at radius 1 is 1.07 bits per heavy atom. The van der Waals surface area contributed by atoms with Crippen LogP contribution in [0.1, 0.15) is 25.1 Å². The van der Waals surface area contributed by atoms with Crippen LogP contribution < -0.4 is 5.56 Å². The van der Waals surface area contributed by atoms with E-state index < -0.39 is 0 Å². The molecule has 15 heavy (non-hydrogen) atoms. The molecule has 0 saturated heterocycles. The zero-order valence-electron chi connectivity index (χ0n) is 9.13.